The number of amides is 1. The summed E-state index contributed by atoms with van der Waals surface area (Å²) < 4.78 is 10.7. The van der Waals surface area contributed by atoms with Crippen molar-refractivity contribution in [2.45, 2.75) is 18.9 Å². The van der Waals surface area contributed by atoms with Gasteiger partial charge in [0.15, 0.2) is 11.6 Å². The number of ether oxygens (including phenoxy) is 2. The van der Waals surface area contributed by atoms with Crippen molar-refractivity contribution in [3.05, 3.63) is 12.1 Å². The first kappa shape index (κ1) is 20.3. The average Bonchev–Trinajstić information content (AvgIpc) is 3.28. The Kier molecular flexibility index (Phi) is 6.78. The summed E-state index contributed by atoms with van der Waals surface area (Å²) in [5.74, 6) is 1.87. The van der Waals surface area contributed by atoms with E-state index in [0.29, 0.717) is 19.2 Å². The topological polar surface area (TPSA) is 74.3 Å². The molecular formula is C20H32N6O3. The van der Waals surface area contributed by atoms with Crippen molar-refractivity contribution in [1.29, 1.82) is 0 Å². The van der Waals surface area contributed by atoms with Crippen LogP contribution in [0, 0.1) is 0 Å². The minimum absolute atomic E-state index is 0.0484. The molecule has 160 valence electrons. The fourth-order valence-corrected chi connectivity index (χ4v) is 4.29. The molecule has 0 spiro atoms. The highest BCUT2D eigenvalue weighted by Gasteiger charge is 2.25. The quantitative estimate of drug-likeness (QED) is 0.660. The van der Waals surface area contributed by atoms with Crippen molar-refractivity contribution >= 4 is 17.5 Å². The molecule has 0 radical (unpaired) electrons. The summed E-state index contributed by atoms with van der Waals surface area (Å²) in [6.45, 7) is 9.08. The van der Waals surface area contributed by atoms with E-state index in [-0.39, 0.29) is 12.5 Å². The third kappa shape index (κ3) is 5.15. The molecule has 1 amide bonds. The fourth-order valence-electron chi connectivity index (χ4n) is 4.29. The van der Waals surface area contributed by atoms with Crippen molar-refractivity contribution in [2.75, 3.05) is 89.0 Å². The lowest BCUT2D eigenvalue weighted by atomic mass is 10.2. The number of anilines is 2. The van der Waals surface area contributed by atoms with Gasteiger partial charge in [0.2, 0.25) is 5.91 Å². The first-order valence-corrected chi connectivity index (χ1v) is 10.7. The van der Waals surface area contributed by atoms with E-state index in [1.165, 1.54) is 12.8 Å². The summed E-state index contributed by atoms with van der Waals surface area (Å²) >= 11 is 0. The van der Waals surface area contributed by atoms with E-state index in [0.717, 1.165) is 64.1 Å². The Labute approximate surface area is 172 Å². The van der Waals surface area contributed by atoms with Crippen molar-refractivity contribution in [2.24, 2.45) is 0 Å². The predicted molar refractivity (Wildman–Crippen MR) is 110 cm³/mol. The van der Waals surface area contributed by atoms with Gasteiger partial charge in [0.25, 0.3) is 0 Å². The van der Waals surface area contributed by atoms with Gasteiger partial charge in [0, 0.05) is 72.6 Å². The molecule has 9 heteroatoms. The molecular weight excluding hydrogens is 372 g/mol. The van der Waals surface area contributed by atoms with Crippen LogP contribution < -0.4 is 9.80 Å². The Morgan fingerprint density at radius 3 is 2.17 bits per heavy atom. The zero-order chi connectivity index (χ0) is 20.1. The number of carbonyl (C=O) groups excluding carboxylic acids is 1. The van der Waals surface area contributed by atoms with Crippen LogP contribution in [0.4, 0.5) is 11.6 Å². The molecule has 29 heavy (non-hydrogen) atoms. The van der Waals surface area contributed by atoms with Gasteiger partial charge in [-0.1, -0.05) is 0 Å². The minimum atomic E-state index is 0.0484. The first-order valence-electron chi connectivity index (χ1n) is 10.7. The molecule has 0 aliphatic carbocycles. The normalized spacial score (nSPS) is 23.6. The number of aromatic nitrogens is 2. The highest BCUT2D eigenvalue weighted by molar-refractivity contribution is 5.77. The summed E-state index contributed by atoms with van der Waals surface area (Å²) in [7, 11) is 1.55. The highest BCUT2D eigenvalue weighted by Crippen LogP contribution is 2.19. The zero-order valence-electron chi connectivity index (χ0n) is 17.3. The second-order valence-electron chi connectivity index (χ2n) is 7.97. The van der Waals surface area contributed by atoms with E-state index < -0.39 is 0 Å². The second kappa shape index (κ2) is 9.69. The molecule has 3 aliphatic rings. The summed E-state index contributed by atoms with van der Waals surface area (Å²) in [6.07, 6.45) is 2.82. The molecule has 1 aromatic heterocycles. The monoisotopic (exact) mass is 404 g/mol. The number of rotatable bonds is 6. The third-order valence-corrected chi connectivity index (χ3v) is 6.04. The molecule has 3 saturated heterocycles. The number of nitrogens with zero attached hydrogens (tertiary/aromatic N) is 6. The average molecular weight is 405 g/mol. The van der Waals surface area contributed by atoms with Gasteiger partial charge in [-0.3, -0.25) is 9.69 Å². The first-order chi connectivity index (χ1) is 14.2. The molecule has 3 aliphatic heterocycles. The van der Waals surface area contributed by atoms with E-state index in [4.69, 9.17) is 9.47 Å². The molecule has 0 saturated carbocycles. The molecule has 0 bridgehead atoms. The molecule has 0 N–H and O–H groups in total. The van der Waals surface area contributed by atoms with Gasteiger partial charge < -0.3 is 24.2 Å². The van der Waals surface area contributed by atoms with Gasteiger partial charge in [-0.15, -0.1) is 10.2 Å². The second-order valence-corrected chi connectivity index (χ2v) is 7.97. The lowest BCUT2D eigenvalue weighted by Crippen LogP contribution is -2.50. The van der Waals surface area contributed by atoms with Crippen molar-refractivity contribution in [3.8, 4) is 0 Å². The number of piperazine rings is 2. The molecule has 1 unspecified atom stereocenters. The molecule has 4 rings (SSSR count). The largest absolute Gasteiger partial charge is 0.377 e. The summed E-state index contributed by atoms with van der Waals surface area (Å²) in [5, 5.41) is 8.94. The number of hydrogen-bond acceptors (Lipinski definition) is 8. The lowest BCUT2D eigenvalue weighted by Gasteiger charge is -2.37. The fraction of sp³-hybridized carbons (Fsp3) is 0.750. The van der Waals surface area contributed by atoms with Crippen LogP contribution in [0.3, 0.4) is 0 Å². The highest BCUT2D eigenvalue weighted by atomic mass is 16.5. The van der Waals surface area contributed by atoms with Crippen molar-refractivity contribution in [3.63, 3.8) is 0 Å². The molecule has 1 atom stereocenters. The predicted octanol–water partition coefficient (Wildman–Crippen LogP) is 0.0726. The molecule has 9 nitrogen and oxygen atoms in total. The van der Waals surface area contributed by atoms with Crippen molar-refractivity contribution < 1.29 is 14.3 Å². The van der Waals surface area contributed by atoms with Crippen LogP contribution in [0.15, 0.2) is 12.1 Å². The Hall–Kier alpha value is -1.97. The van der Waals surface area contributed by atoms with Crippen LogP contribution in [-0.4, -0.2) is 111 Å². The van der Waals surface area contributed by atoms with Gasteiger partial charge in [-0.05, 0) is 25.0 Å². The Bertz CT molecular complexity index is 651. The van der Waals surface area contributed by atoms with Crippen molar-refractivity contribution in [1.82, 2.24) is 20.0 Å². The molecule has 0 aromatic carbocycles. The van der Waals surface area contributed by atoms with Crippen LogP contribution in [0.5, 0.6) is 0 Å². The van der Waals surface area contributed by atoms with Crippen LogP contribution in [-0.2, 0) is 14.3 Å². The smallest absolute Gasteiger partial charge is 0.248 e. The van der Waals surface area contributed by atoms with Crippen LogP contribution in [0.1, 0.15) is 12.8 Å². The van der Waals surface area contributed by atoms with E-state index >= 15 is 0 Å². The molecule has 3 fully saturated rings. The summed E-state index contributed by atoms with van der Waals surface area (Å²) in [5.41, 5.74) is 0. The van der Waals surface area contributed by atoms with Crippen LogP contribution in [0.25, 0.3) is 0 Å². The number of carbonyl (C=O) groups is 1. The molecule has 1 aromatic rings. The third-order valence-electron chi connectivity index (χ3n) is 6.04. The minimum Gasteiger partial charge on any atom is -0.377 e. The van der Waals surface area contributed by atoms with E-state index in [1.54, 1.807) is 7.11 Å². The summed E-state index contributed by atoms with van der Waals surface area (Å²) in [4.78, 5) is 20.8. The zero-order valence-corrected chi connectivity index (χ0v) is 17.3. The van der Waals surface area contributed by atoms with Gasteiger partial charge in [-0.2, -0.15) is 0 Å². The maximum absolute atomic E-state index is 11.9. The standard InChI is InChI=1S/C20H32N6O3/c1-28-16-20(27)26-12-10-25(11-13-26)19-5-4-18(21-22-19)24-8-6-23(7-9-24)15-17-3-2-14-29-17/h4-5,17H,2-3,6-16H2,1H3. The van der Waals surface area contributed by atoms with Gasteiger partial charge in [0.1, 0.15) is 6.61 Å². The molecule has 4 heterocycles. The number of hydrogen-bond donors (Lipinski definition) is 0. The van der Waals surface area contributed by atoms with Crippen LogP contribution >= 0.6 is 0 Å². The maximum Gasteiger partial charge on any atom is 0.248 e. The van der Waals surface area contributed by atoms with Gasteiger partial charge in [0.05, 0.1) is 6.10 Å². The van der Waals surface area contributed by atoms with Crippen LogP contribution in [0.2, 0.25) is 0 Å². The van der Waals surface area contributed by atoms with E-state index in [9.17, 15) is 4.79 Å². The lowest BCUT2D eigenvalue weighted by molar-refractivity contribution is -0.135. The van der Waals surface area contributed by atoms with Gasteiger partial charge in [-0.25, -0.2) is 0 Å². The Morgan fingerprint density at radius 1 is 1.03 bits per heavy atom. The SMILES string of the molecule is COCC(=O)N1CCN(c2ccc(N3CCN(CC4CCCO4)CC3)nn2)CC1. The van der Waals surface area contributed by atoms with E-state index in [2.05, 4.69) is 31.0 Å². The number of methoxy groups -OCH3 is 1. The van der Waals surface area contributed by atoms with E-state index in [1.807, 2.05) is 11.0 Å². The summed E-state index contributed by atoms with van der Waals surface area (Å²) in [6, 6.07) is 4.12. The Balaban J connectivity index is 1.24. The Morgan fingerprint density at radius 2 is 1.66 bits per heavy atom. The maximum atomic E-state index is 11.9. The van der Waals surface area contributed by atoms with Gasteiger partial charge >= 0.3 is 0 Å².